The van der Waals surface area contributed by atoms with Crippen LogP contribution in [0.1, 0.15) is 24.0 Å². The molecule has 132 valence electrons. The topological polar surface area (TPSA) is 54.5 Å². The molecule has 5 heteroatoms. The number of aryl methyl sites for hydroxylation is 1. The third-order valence-electron chi connectivity index (χ3n) is 4.63. The fraction of sp³-hybridized carbons (Fsp3) is 0.400. The van der Waals surface area contributed by atoms with E-state index >= 15 is 0 Å². The predicted molar refractivity (Wildman–Crippen MR) is 97.6 cm³/mol. The number of nitrogens with zero attached hydrogens (tertiary/aromatic N) is 2. The SMILES string of the molecule is CNC(=O)[C@H]1CCCN(Cc2ccc(Oc3cccnc3)c(C)c2)C1. The number of benzene rings is 1. The minimum atomic E-state index is 0.105. The highest BCUT2D eigenvalue weighted by atomic mass is 16.5. The molecule has 1 aliphatic heterocycles. The van der Waals surface area contributed by atoms with Crippen molar-refractivity contribution in [2.45, 2.75) is 26.3 Å². The molecule has 1 amide bonds. The van der Waals surface area contributed by atoms with Crippen molar-refractivity contribution in [3.05, 3.63) is 53.9 Å². The Morgan fingerprint density at radius 3 is 3.00 bits per heavy atom. The van der Waals surface area contributed by atoms with Gasteiger partial charge in [-0.05, 0) is 55.6 Å². The van der Waals surface area contributed by atoms with E-state index in [1.54, 1.807) is 19.4 Å². The minimum absolute atomic E-state index is 0.105. The summed E-state index contributed by atoms with van der Waals surface area (Å²) in [5, 5.41) is 2.77. The van der Waals surface area contributed by atoms with Crippen LogP contribution in [0.3, 0.4) is 0 Å². The molecule has 2 heterocycles. The first-order valence-corrected chi connectivity index (χ1v) is 8.77. The Morgan fingerprint density at radius 2 is 2.28 bits per heavy atom. The molecule has 25 heavy (non-hydrogen) atoms. The number of carbonyl (C=O) groups excluding carboxylic acids is 1. The van der Waals surface area contributed by atoms with Gasteiger partial charge in [-0.1, -0.05) is 12.1 Å². The number of carbonyl (C=O) groups is 1. The quantitative estimate of drug-likeness (QED) is 0.909. The molecule has 1 aromatic carbocycles. The van der Waals surface area contributed by atoms with Crippen LogP contribution in [0.5, 0.6) is 11.5 Å². The summed E-state index contributed by atoms with van der Waals surface area (Å²) in [5.74, 6) is 1.84. The minimum Gasteiger partial charge on any atom is -0.455 e. The van der Waals surface area contributed by atoms with Crippen molar-refractivity contribution >= 4 is 5.91 Å². The molecule has 0 bridgehead atoms. The summed E-state index contributed by atoms with van der Waals surface area (Å²) in [5.41, 5.74) is 2.34. The maximum atomic E-state index is 11.9. The second kappa shape index (κ2) is 8.12. The van der Waals surface area contributed by atoms with E-state index in [0.29, 0.717) is 0 Å². The van der Waals surface area contributed by atoms with Crippen molar-refractivity contribution in [3.63, 3.8) is 0 Å². The van der Waals surface area contributed by atoms with Gasteiger partial charge in [0.05, 0.1) is 12.1 Å². The van der Waals surface area contributed by atoms with Crippen molar-refractivity contribution in [1.29, 1.82) is 0 Å². The van der Waals surface area contributed by atoms with Crippen LogP contribution in [0.25, 0.3) is 0 Å². The zero-order chi connectivity index (χ0) is 17.6. The lowest BCUT2D eigenvalue weighted by Crippen LogP contribution is -2.41. The van der Waals surface area contributed by atoms with Crippen molar-refractivity contribution in [1.82, 2.24) is 15.2 Å². The lowest BCUT2D eigenvalue weighted by molar-refractivity contribution is -0.126. The molecule has 0 unspecified atom stereocenters. The molecule has 0 spiro atoms. The first kappa shape index (κ1) is 17.4. The molecule has 1 aromatic heterocycles. The summed E-state index contributed by atoms with van der Waals surface area (Å²) in [7, 11) is 1.71. The molecule has 1 aliphatic rings. The number of nitrogens with one attached hydrogen (secondary N) is 1. The monoisotopic (exact) mass is 339 g/mol. The van der Waals surface area contributed by atoms with Crippen LogP contribution < -0.4 is 10.1 Å². The highest BCUT2D eigenvalue weighted by molar-refractivity contribution is 5.78. The van der Waals surface area contributed by atoms with Crippen molar-refractivity contribution < 1.29 is 9.53 Å². The average Bonchev–Trinajstić information content (AvgIpc) is 2.64. The van der Waals surface area contributed by atoms with Crippen LogP contribution in [0.4, 0.5) is 0 Å². The number of likely N-dealkylation sites (tertiary alicyclic amines) is 1. The second-order valence-corrected chi connectivity index (χ2v) is 6.58. The zero-order valence-electron chi connectivity index (χ0n) is 14.9. The number of ether oxygens (including phenoxy) is 1. The normalized spacial score (nSPS) is 17.9. The Bertz CT molecular complexity index is 718. The fourth-order valence-electron chi connectivity index (χ4n) is 3.33. The third-order valence-corrected chi connectivity index (χ3v) is 4.63. The average molecular weight is 339 g/mol. The molecule has 2 aromatic rings. The van der Waals surface area contributed by atoms with Gasteiger partial charge in [-0.15, -0.1) is 0 Å². The summed E-state index contributed by atoms with van der Waals surface area (Å²) in [4.78, 5) is 18.3. The summed E-state index contributed by atoms with van der Waals surface area (Å²) < 4.78 is 5.89. The number of hydrogen-bond donors (Lipinski definition) is 1. The van der Waals surface area contributed by atoms with E-state index in [0.717, 1.165) is 49.5 Å². The van der Waals surface area contributed by atoms with Gasteiger partial charge in [-0.2, -0.15) is 0 Å². The summed E-state index contributed by atoms with van der Waals surface area (Å²) in [6.07, 6.45) is 5.49. The molecule has 0 saturated carbocycles. The lowest BCUT2D eigenvalue weighted by atomic mass is 9.96. The molecular formula is C20H25N3O2. The Hall–Kier alpha value is -2.40. The van der Waals surface area contributed by atoms with Gasteiger partial charge in [0.25, 0.3) is 0 Å². The van der Waals surface area contributed by atoms with Gasteiger partial charge >= 0.3 is 0 Å². The predicted octanol–water partition coefficient (Wildman–Crippen LogP) is 3.14. The number of aromatic nitrogens is 1. The first-order chi connectivity index (χ1) is 12.2. The van der Waals surface area contributed by atoms with E-state index in [9.17, 15) is 4.79 Å². The lowest BCUT2D eigenvalue weighted by Gasteiger charge is -2.31. The summed E-state index contributed by atoms with van der Waals surface area (Å²) >= 11 is 0. The van der Waals surface area contributed by atoms with Gasteiger partial charge in [0.2, 0.25) is 5.91 Å². The standard InChI is InChI=1S/C20H25N3O2/c1-15-11-16(7-8-19(15)25-18-6-3-9-22-12-18)13-23-10-4-5-17(14-23)20(24)21-2/h3,6-9,11-12,17H,4-5,10,13-14H2,1-2H3,(H,21,24)/t17-/m0/s1. The molecular weight excluding hydrogens is 314 g/mol. The largest absolute Gasteiger partial charge is 0.455 e. The van der Waals surface area contributed by atoms with E-state index < -0.39 is 0 Å². The maximum Gasteiger partial charge on any atom is 0.224 e. The summed E-state index contributed by atoms with van der Waals surface area (Å²) in [6, 6.07) is 10.0. The molecule has 5 nitrogen and oxygen atoms in total. The maximum absolute atomic E-state index is 11.9. The van der Waals surface area contributed by atoms with E-state index in [1.807, 2.05) is 18.2 Å². The van der Waals surface area contributed by atoms with Crippen LogP contribution in [-0.4, -0.2) is 35.9 Å². The Labute approximate surface area is 149 Å². The van der Waals surface area contributed by atoms with E-state index in [4.69, 9.17) is 4.74 Å². The van der Waals surface area contributed by atoms with Crippen LogP contribution >= 0.6 is 0 Å². The third kappa shape index (κ3) is 4.57. The van der Waals surface area contributed by atoms with Crippen molar-refractivity contribution in [3.8, 4) is 11.5 Å². The second-order valence-electron chi connectivity index (χ2n) is 6.58. The molecule has 0 aliphatic carbocycles. The van der Waals surface area contributed by atoms with E-state index in [-0.39, 0.29) is 11.8 Å². The van der Waals surface area contributed by atoms with Gasteiger partial charge in [-0.3, -0.25) is 14.7 Å². The number of rotatable bonds is 5. The van der Waals surface area contributed by atoms with E-state index in [2.05, 4.69) is 34.3 Å². The van der Waals surface area contributed by atoms with Crippen LogP contribution in [0.2, 0.25) is 0 Å². The molecule has 3 rings (SSSR count). The van der Waals surface area contributed by atoms with Gasteiger partial charge in [0.1, 0.15) is 11.5 Å². The van der Waals surface area contributed by atoms with Crippen LogP contribution in [0.15, 0.2) is 42.7 Å². The molecule has 1 N–H and O–H groups in total. The van der Waals surface area contributed by atoms with Crippen molar-refractivity contribution in [2.24, 2.45) is 5.92 Å². The fourth-order valence-corrected chi connectivity index (χ4v) is 3.33. The smallest absolute Gasteiger partial charge is 0.224 e. The van der Waals surface area contributed by atoms with Gasteiger partial charge in [-0.25, -0.2) is 0 Å². The number of pyridine rings is 1. The Balaban J connectivity index is 1.63. The van der Waals surface area contributed by atoms with Gasteiger partial charge in [0.15, 0.2) is 0 Å². The Morgan fingerprint density at radius 1 is 1.40 bits per heavy atom. The molecule has 0 radical (unpaired) electrons. The van der Waals surface area contributed by atoms with Crippen LogP contribution in [-0.2, 0) is 11.3 Å². The Kier molecular flexibility index (Phi) is 5.66. The van der Waals surface area contributed by atoms with E-state index in [1.165, 1.54) is 5.56 Å². The van der Waals surface area contributed by atoms with Gasteiger partial charge in [0, 0.05) is 26.3 Å². The molecule has 1 fully saturated rings. The molecule has 1 saturated heterocycles. The highest BCUT2D eigenvalue weighted by Crippen LogP contribution is 2.26. The number of piperidine rings is 1. The van der Waals surface area contributed by atoms with Gasteiger partial charge < -0.3 is 10.1 Å². The first-order valence-electron chi connectivity index (χ1n) is 8.77. The highest BCUT2D eigenvalue weighted by Gasteiger charge is 2.24. The zero-order valence-corrected chi connectivity index (χ0v) is 14.9. The molecule has 1 atom stereocenters. The summed E-state index contributed by atoms with van der Waals surface area (Å²) in [6.45, 7) is 4.79. The number of amides is 1. The van der Waals surface area contributed by atoms with Crippen LogP contribution in [0, 0.1) is 12.8 Å². The van der Waals surface area contributed by atoms with Crippen molar-refractivity contribution in [2.75, 3.05) is 20.1 Å². The number of hydrogen-bond acceptors (Lipinski definition) is 4.